The van der Waals surface area contributed by atoms with Gasteiger partial charge in [-0.1, -0.05) is 25.7 Å². The van der Waals surface area contributed by atoms with E-state index in [2.05, 4.69) is 18.2 Å². The summed E-state index contributed by atoms with van der Waals surface area (Å²) >= 11 is 0. The molecule has 1 N–H and O–H groups in total. The fourth-order valence-electron chi connectivity index (χ4n) is 2.73. The number of hydrogen-bond donors (Lipinski definition) is 1. The van der Waals surface area contributed by atoms with Gasteiger partial charge in [-0.15, -0.1) is 6.42 Å². The van der Waals surface area contributed by atoms with Crippen LogP contribution in [0.25, 0.3) is 0 Å². The van der Waals surface area contributed by atoms with Crippen LogP contribution in [0.1, 0.15) is 43.0 Å². The highest BCUT2D eigenvalue weighted by Crippen LogP contribution is 2.26. The van der Waals surface area contributed by atoms with E-state index in [0.29, 0.717) is 5.92 Å². The third-order valence-corrected chi connectivity index (χ3v) is 3.99. The minimum atomic E-state index is -0.933. The Morgan fingerprint density at radius 2 is 2.00 bits per heavy atom. The Bertz CT molecular complexity index is 572. The van der Waals surface area contributed by atoms with E-state index in [9.17, 15) is 13.6 Å². The highest BCUT2D eigenvalue weighted by atomic mass is 19.1. The van der Waals surface area contributed by atoms with E-state index in [4.69, 9.17) is 11.2 Å². The van der Waals surface area contributed by atoms with Crippen LogP contribution < -0.4 is 10.1 Å². The van der Waals surface area contributed by atoms with Crippen molar-refractivity contribution in [3.63, 3.8) is 0 Å². The zero-order valence-electron chi connectivity index (χ0n) is 12.5. The van der Waals surface area contributed by atoms with Gasteiger partial charge >= 0.3 is 0 Å². The molecule has 0 unspecified atom stereocenters. The Labute approximate surface area is 129 Å². The number of terminal acetylenes is 1. The molecule has 1 saturated carbocycles. The van der Waals surface area contributed by atoms with Crippen molar-refractivity contribution in [2.24, 2.45) is 5.92 Å². The highest BCUT2D eigenvalue weighted by molar-refractivity contribution is 5.94. The molecule has 22 heavy (non-hydrogen) atoms. The van der Waals surface area contributed by atoms with Crippen molar-refractivity contribution < 1.29 is 18.3 Å². The van der Waals surface area contributed by atoms with Crippen molar-refractivity contribution in [1.82, 2.24) is 5.32 Å². The molecule has 0 saturated heterocycles. The van der Waals surface area contributed by atoms with Gasteiger partial charge in [0.1, 0.15) is 6.61 Å². The van der Waals surface area contributed by atoms with Crippen LogP contribution in [0, 0.1) is 29.9 Å². The molecule has 1 aromatic carbocycles. The topological polar surface area (TPSA) is 38.3 Å². The third-order valence-electron chi connectivity index (χ3n) is 3.99. The molecule has 1 aromatic rings. The van der Waals surface area contributed by atoms with E-state index in [1.54, 1.807) is 0 Å². The summed E-state index contributed by atoms with van der Waals surface area (Å²) in [5.74, 6) is -0.395. The van der Waals surface area contributed by atoms with Gasteiger partial charge in [0.05, 0.1) is 0 Å². The molecule has 5 heteroatoms. The summed E-state index contributed by atoms with van der Waals surface area (Å²) in [7, 11) is 0. The van der Waals surface area contributed by atoms with Crippen LogP contribution in [0.5, 0.6) is 5.75 Å². The average Bonchev–Trinajstić information content (AvgIpc) is 2.48. The van der Waals surface area contributed by atoms with Gasteiger partial charge in [-0.2, -0.15) is 0 Å². The lowest BCUT2D eigenvalue weighted by atomic mass is 9.86. The lowest BCUT2D eigenvalue weighted by Crippen LogP contribution is -2.41. The zero-order chi connectivity index (χ0) is 16.1. The predicted molar refractivity (Wildman–Crippen MR) is 79.6 cm³/mol. The first-order valence-electron chi connectivity index (χ1n) is 7.39. The Morgan fingerprint density at radius 3 is 2.59 bits per heavy atom. The molecular formula is C17H19F2NO2. The molecule has 0 spiro atoms. The molecule has 3 nitrogen and oxygen atoms in total. The predicted octanol–water partition coefficient (Wildman–Crippen LogP) is 3.29. The first kappa shape index (κ1) is 16.3. The average molecular weight is 307 g/mol. The molecule has 2 atom stereocenters. The number of amides is 1. The standard InChI is InChI=1S/C17H19F2NO2/c1-3-8-22-16-13(18)9-12(10-14(16)19)17(21)20-15-7-5-4-6-11(15)2/h1,9-11,15H,4-8H2,2H3,(H,20,21)/t11-,15-/m1/s1. The van der Waals surface area contributed by atoms with Crippen molar-refractivity contribution >= 4 is 5.91 Å². The van der Waals surface area contributed by atoms with Gasteiger partial charge in [0.15, 0.2) is 17.4 Å². The first-order chi connectivity index (χ1) is 10.5. The summed E-state index contributed by atoms with van der Waals surface area (Å²) < 4.78 is 32.5. The van der Waals surface area contributed by atoms with Crippen molar-refractivity contribution in [3.05, 3.63) is 29.3 Å². The quantitative estimate of drug-likeness (QED) is 0.867. The van der Waals surface area contributed by atoms with Crippen LogP contribution in [0.4, 0.5) is 8.78 Å². The minimum Gasteiger partial charge on any atom is -0.475 e. The number of hydrogen-bond acceptors (Lipinski definition) is 2. The van der Waals surface area contributed by atoms with Gasteiger partial charge in [-0.25, -0.2) is 8.78 Å². The normalized spacial score (nSPS) is 21.0. The zero-order valence-corrected chi connectivity index (χ0v) is 12.5. The smallest absolute Gasteiger partial charge is 0.251 e. The second-order valence-electron chi connectivity index (χ2n) is 5.60. The summed E-state index contributed by atoms with van der Waals surface area (Å²) in [5, 5.41) is 2.86. The largest absolute Gasteiger partial charge is 0.475 e. The van der Waals surface area contributed by atoms with Gasteiger partial charge in [-0.3, -0.25) is 4.79 Å². The summed E-state index contributed by atoms with van der Waals surface area (Å²) in [4.78, 5) is 12.2. The van der Waals surface area contributed by atoms with E-state index >= 15 is 0 Å². The fourth-order valence-corrected chi connectivity index (χ4v) is 2.73. The third kappa shape index (κ3) is 3.76. The van der Waals surface area contributed by atoms with E-state index in [1.807, 2.05) is 0 Å². The molecule has 0 bridgehead atoms. The summed E-state index contributed by atoms with van der Waals surface area (Å²) in [6.07, 6.45) is 9.13. The molecule has 1 aliphatic rings. The van der Waals surface area contributed by atoms with Crippen LogP contribution in [0.15, 0.2) is 12.1 Å². The number of nitrogens with one attached hydrogen (secondary N) is 1. The van der Waals surface area contributed by atoms with E-state index in [0.717, 1.165) is 37.8 Å². The Kier molecular flexibility index (Phi) is 5.37. The number of carbonyl (C=O) groups excluding carboxylic acids is 1. The van der Waals surface area contributed by atoms with Gasteiger partial charge in [0.2, 0.25) is 0 Å². The van der Waals surface area contributed by atoms with Gasteiger partial charge < -0.3 is 10.1 Å². The minimum absolute atomic E-state index is 0.0461. The lowest BCUT2D eigenvalue weighted by Gasteiger charge is -2.29. The van der Waals surface area contributed by atoms with Crippen molar-refractivity contribution in [3.8, 4) is 18.1 Å². The van der Waals surface area contributed by atoms with Crippen molar-refractivity contribution in [2.75, 3.05) is 6.61 Å². The SMILES string of the molecule is C#CCOc1c(F)cc(C(=O)N[C@@H]2CCCC[C@H]2C)cc1F. The van der Waals surface area contributed by atoms with Gasteiger partial charge in [0, 0.05) is 11.6 Å². The molecule has 0 aliphatic heterocycles. The fraction of sp³-hybridized carbons (Fsp3) is 0.471. The van der Waals surface area contributed by atoms with Crippen molar-refractivity contribution in [1.29, 1.82) is 0 Å². The van der Waals surface area contributed by atoms with Gasteiger partial charge in [-0.05, 0) is 30.9 Å². The molecule has 1 amide bonds. The molecule has 0 heterocycles. The van der Waals surface area contributed by atoms with Crippen LogP contribution in [-0.4, -0.2) is 18.6 Å². The van der Waals surface area contributed by atoms with E-state index in [1.165, 1.54) is 0 Å². The maximum atomic E-state index is 13.8. The lowest BCUT2D eigenvalue weighted by molar-refractivity contribution is 0.0909. The summed E-state index contributed by atoms with van der Waals surface area (Å²) in [6, 6.07) is 1.99. The maximum absolute atomic E-state index is 13.8. The molecule has 1 aliphatic carbocycles. The first-order valence-corrected chi connectivity index (χ1v) is 7.39. The number of benzene rings is 1. The Balaban J connectivity index is 2.11. The summed E-state index contributed by atoms with van der Waals surface area (Å²) in [6.45, 7) is 1.83. The van der Waals surface area contributed by atoms with Crippen LogP contribution in [0.3, 0.4) is 0 Å². The Hall–Kier alpha value is -2.09. The van der Waals surface area contributed by atoms with Crippen LogP contribution in [-0.2, 0) is 0 Å². The molecule has 1 fully saturated rings. The van der Waals surface area contributed by atoms with Gasteiger partial charge in [0.25, 0.3) is 5.91 Å². The van der Waals surface area contributed by atoms with Crippen molar-refractivity contribution in [2.45, 2.75) is 38.6 Å². The summed E-state index contributed by atoms with van der Waals surface area (Å²) in [5.41, 5.74) is -0.0548. The van der Waals surface area contributed by atoms with E-state index < -0.39 is 23.3 Å². The number of halogens is 2. The van der Waals surface area contributed by atoms with Crippen LogP contribution in [0.2, 0.25) is 0 Å². The van der Waals surface area contributed by atoms with Crippen LogP contribution >= 0.6 is 0 Å². The number of ether oxygens (including phenoxy) is 1. The number of carbonyl (C=O) groups is 1. The molecule has 2 rings (SSSR count). The number of rotatable bonds is 4. The highest BCUT2D eigenvalue weighted by Gasteiger charge is 2.24. The maximum Gasteiger partial charge on any atom is 0.251 e. The monoisotopic (exact) mass is 307 g/mol. The Morgan fingerprint density at radius 1 is 1.36 bits per heavy atom. The molecule has 0 aromatic heterocycles. The van der Waals surface area contributed by atoms with E-state index in [-0.39, 0.29) is 18.2 Å². The molecular weight excluding hydrogens is 288 g/mol. The molecule has 118 valence electrons. The second-order valence-corrected chi connectivity index (χ2v) is 5.60. The molecule has 0 radical (unpaired) electrons. The second kappa shape index (κ2) is 7.26.